The standard InChI is InChI=1S/C17H16N4O2/c1-9(22)19-11-3-5-15-13(7-11)17(18)14-8-12(20-10(2)23)4-6-16(14)21-15/h3-8H,1-2H3,(H2,18,21)(H,19,22)(H,20,23). The third-order valence-corrected chi connectivity index (χ3v) is 3.46. The average molecular weight is 308 g/mol. The van der Waals surface area contributed by atoms with Gasteiger partial charge in [0.05, 0.1) is 16.7 Å². The second-order valence-corrected chi connectivity index (χ2v) is 5.35. The van der Waals surface area contributed by atoms with Gasteiger partial charge in [0.2, 0.25) is 11.8 Å². The van der Waals surface area contributed by atoms with Crippen molar-refractivity contribution in [1.29, 1.82) is 0 Å². The lowest BCUT2D eigenvalue weighted by atomic mass is 10.1. The molecule has 0 aliphatic carbocycles. The van der Waals surface area contributed by atoms with Gasteiger partial charge in [0.1, 0.15) is 0 Å². The topological polar surface area (TPSA) is 97.1 Å². The SMILES string of the molecule is CC(=O)Nc1ccc2nc3ccc(NC(C)=O)cc3c(N)c2c1. The fourth-order valence-electron chi connectivity index (χ4n) is 2.54. The van der Waals surface area contributed by atoms with Crippen LogP contribution in [0.3, 0.4) is 0 Å². The van der Waals surface area contributed by atoms with E-state index in [1.807, 2.05) is 12.1 Å². The smallest absolute Gasteiger partial charge is 0.221 e. The lowest BCUT2D eigenvalue weighted by Gasteiger charge is -2.10. The Kier molecular flexibility index (Phi) is 3.57. The van der Waals surface area contributed by atoms with E-state index in [2.05, 4.69) is 15.6 Å². The summed E-state index contributed by atoms with van der Waals surface area (Å²) in [4.78, 5) is 27.0. The quantitative estimate of drug-likeness (QED) is 0.634. The number of benzene rings is 2. The summed E-state index contributed by atoms with van der Waals surface area (Å²) >= 11 is 0. The molecule has 0 saturated carbocycles. The highest BCUT2D eigenvalue weighted by Crippen LogP contribution is 2.31. The minimum absolute atomic E-state index is 0.149. The van der Waals surface area contributed by atoms with Gasteiger partial charge in [-0.2, -0.15) is 0 Å². The number of anilines is 3. The van der Waals surface area contributed by atoms with Gasteiger partial charge in [-0.25, -0.2) is 4.98 Å². The molecule has 4 N–H and O–H groups in total. The molecule has 0 saturated heterocycles. The molecule has 0 fully saturated rings. The number of carbonyl (C=O) groups is 2. The van der Waals surface area contributed by atoms with Crippen molar-refractivity contribution in [3.63, 3.8) is 0 Å². The number of nitrogens with two attached hydrogens (primary N) is 1. The van der Waals surface area contributed by atoms with E-state index >= 15 is 0 Å². The lowest BCUT2D eigenvalue weighted by molar-refractivity contribution is -0.115. The third kappa shape index (κ3) is 2.91. The Morgan fingerprint density at radius 2 is 1.30 bits per heavy atom. The molecular weight excluding hydrogens is 292 g/mol. The number of aromatic nitrogens is 1. The molecule has 0 radical (unpaired) electrons. The number of nitrogens with zero attached hydrogens (tertiary/aromatic N) is 1. The van der Waals surface area contributed by atoms with Crippen LogP contribution in [0.5, 0.6) is 0 Å². The van der Waals surface area contributed by atoms with Crippen LogP contribution in [-0.4, -0.2) is 16.8 Å². The molecule has 23 heavy (non-hydrogen) atoms. The van der Waals surface area contributed by atoms with E-state index in [0.29, 0.717) is 17.1 Å². The molecule has 6 heteroatoms. The fourth-order valence-corrected chi connectivity index (χ4v) is 2.54. The minimum Gasteiger partial charge on any atom is -0.398 e. The summed E-state index contributed by atoms with van der Waals surface area (Å²) in [5.41, 5.74) is 9.67. The number of carbonyl (C=O) groups excluding carboxylic acids is 2. The number of hydrogen-bond donors (Lipinski definition) is 3. The van der Waals surface area contributed by atoms with E-state index in [-0.39, 0.29) is 11.8 Å². The first-order valence-electron chi connectivity index (χ1n) is 7.12. The van der Waals surface area contributed by atoms with Gasteiger partial charge in [0, 0.05) is 36.0 Å². The van der Waals surface area contributed by atoms with E-state index in [9.17, 15) is 9.59 Å². The maximum absolute atomic E-state index is 11.2. The second kappa shape index (κ2) is 5.57. The zero-order valence-electron chi connectivity index (χ0n) is 12.8. The van der Waals surface area contributed by atoms with Gasteiger partial charge in [0.15, 0.2) is 0 Å². The van der Waals surface area contributed by atoms with Crippen molar-refractivity contribution in [2.24, 2.45) is 0 Å². The van der Waals surface area contributed by atoms with Crippen LogP contribution >= 0.6 is 0 Å². The van der Waals surface area contributed by atoms with E-state index in [1.54, 1.807) is 24.3 Å². The molecule has 2 aromatic carbocycles. The van der Waals surface area contributed by atoms with Crippen LogP contribution in [-0.2, 0) is 9.59 Å². The monoisotopic (exact) mass is 308 g/mol. The molecule has 3 rings (SSSR count). The van der Waals surface area contributed by atoms with Gasteiger partial charge in [-0.15, -0.1) is 0 Å². The van der Waals surface area contributed by atoms with Crippen LogP contribution in [0.15, 0.2) is 36.4 Å². The molecule has 0 aliphatic heterocycles. The summed E-state index contributed by atoms with van der Waals surface area (Å²) in [6, 6.07) is 10.8. The molecule has 116 valence electrons. The number of pyridine rings is 1. The van der Waals surface area contributed by atoms with Gasteiger partial charge in [0.25, 0.3) is 0 Å². The van der Waals surface area contributed by atoms with Crippen LogP contribution in [0, 0.1) is 0 Å². The highest BCUT2D eigenvalue weighted by atomic mass is 16.2. The zero-order chi connectivity index (χ0) is 16.6. The lowest BCUT2D eigenvalue weighted by Crippen LogP contribution is -2.06. The summed E-state index contributed by atoms with van der Waals surface area (Å²) in [7, 11) is 0. The van der Waals surface area contributed by atoms with Gasteiger partial charge in [-0.3, -0.25) is 9.59 Å². The summed E-state index contributed by atoms with van der Waals surface area (Å²) in [6.07, 6.45) is 0. The Morgan fingerprint density at radius 3 is 1.70 bits per heavy atom. The number of nitrogen functional groups attached to an aromatic ring is 1. The number of rotatable bonds is 2. The Balaban J connectivity index is 2.20. The summed E-state index contributed by atoms with van der Waals surface area (Å²) in [6.45, 7) is 2.90. The third-order valence-electron chi connectivity index (χ3n) is 3.46. The Hall–Kier alpha value is -3.15. The number of amides is 2. The van der Waals surface area contributed by atoms with Crippen LogP contribution in [0.4, 0.5) is 17.1 Å². The number of hydrogen-bond acceptors (Lipinski definition) is 4. The van der Waals surface area contributed by atoms with E-state index in [4.69, 9.17) is 5.73 Å². The van der Waals surface area contributed by atoms with Crippen LogP contribution in [0.2, 0.25) is 0 Å². The highest BCUT2D eigenvalue weighted by molar-refractivity contribution is 6.09. The highest BCUT2D eigenvalue weighted by Gasteiger charge is 2.09. The zero-order valence-corrected chi connectivity index (χ0v) is 12.8. The average Bonchev–Trinajstić information content (AvgIpc) is 2.48. The van der Waals surface area contributed by atoms with Crippen molar-refractivity contribution in [3.8, 4) is 0 Å². The molecule has 0 unspecified atom stereocenters. The van der Waals surface area contributed by atoms with E-state index in [1.165, 1.54) is 13.8 Å². The van der Waals surface area contributed by atoms with Crippen molar-refractivity contribution in [2.45, 2.75) is 13.8 Å². The first kappa shape index (κ1) is 14.8. The van der Waals surface area contributed by atoms with Gasteiger partial charge in [-0.05, 0) is 36.4 Å². The van der Waals surface area contributed by atoms with Crippen LogP contribution in [0.25, 0.3) is 21.8 Å². The van der Waals surface area contributed by atoms with Crippen molar-refractivity contribution in [1.82, 2.24) is 4.98 Å². The normalized spacial score (nSPS) is 10.7. The largest absolute Gasteiger partial charge is 0.398 e. The van der Waals surface area contributed by atoms with Gasteiger partial charge < -0.3 is 16.4 Å². The van der Waals surface area contributed by atoms with Gasteiger partial charge >= 0.3 is 0 Å². The Bertz CT molecular complexity index is 876. The second-order valence-electron chi connectivity index (χ2n) is 5.35. The molecule has 0 atom stereocenters. The van der Waals surface area contributed by atoms with Crippen molar-refractivity contribution in [3.05, 3.63) is 36.4 Å². The maximum Gasteiger partial charge on any atom is 0.221 e. The van der Waals surface area contributed by atoms with E-state index < -0.39 is 0 Å². The molecule has 0 bridgehead atoms. The Labute approximate surface area is 132 Å². The minimum atomic E-state index is -0.149. The van der Waals surface area contributed by atoms with Crippen molar-refractivity contribution < 1.29 is 9.59 Å². The van der Waals surface area contributed by atoms with Crippen molar-refractivity contribution >= 4 is 50.7 Å². The molecule has 6 nitrogen and oxygen atoms in total. The summed E-state index contributed by atoms with van der Waals surface area (Å²) in [5.74, 6) is -0.297. The molecule has 1 heterocycles. The summed E-state index contributed by atoms with van der Waals surface area (Å²) in [5, 5.41) is 6.97. The number of fused-ring (bicyclic) bond motifs is 2. The first-order valence-corrected chi connectivity index (χ1v) is 7.12. The van der Waals surface area contributed by atoms with E-state index in [0.717, 1.165) is 21.8 Å². The van der Waals surface area contributed by atoms with Crippen LogP contribution < -0.4 is 16.4 Å². The molecule has 2 amide bonds. The molecule has 1 aromatic heterocycles. The predicted molar refractivity (Wildman–Crippen MR) is 92.3 cm³/mol. The molecule has 0 spiro atoms. The number of nitrogens with one attached hydrogen (secondary N) is 2. The Morgan fingerprint density at radius 1 is 0.870 bits per heavy atom. The fraction of sp³-hybridized carbons (Fsp3) is 0.118. The first-order chi connectivity index (χ1) is 10.9. The molecule has 0 aliphatic rings. The van der Waals surface area contributed by atoms with Gasteiger partial charge in [-0.1, -0.05) is 0 Å². The van der Waals surface area contributed by atoms with Crippen LogP contribution in [0.1, 0.15) is 13.8 Å². The molecule has 3 aromatic rings. The molecular formula is C17H16N4O2. The summed E-state index contributed by atoms with van der Waals surface area (Å²) < 4.78 is 0. The predicted octanol–water partition coefficient (Wildman–Crippen LogP) is 2.89. The van der Waals surface area contributed by atoms with Crippen molar-refractivity contribution in [2.75, 3.05) is 16.4 Å². The maximum atomic E-state index is 11.2.